The summed E-state index contributed by atoms with van der Waals surface area (Å²) in [5.74, 6) is 0.637. The van der Waals surface area contributed by atoms with Gasteiger partial charge in [-0.1, -0.05) is 20.8 Å². The summed E-state index contributed by atoms with van der Waals surface area (Å²) in [7, 11) is 1.58. The fourth-order valence-electron chi connectivity index (χ4n) is 1.35. The van der Waals surface area contributed by atoms with Crippen molar-refractivity contribution >= 4 is 0 Å². The number of methoxy groups -OCH3 is 1. The Morgan fingerprint density at radius 1 is 1.33 bits per heavy atom. The highest BCUT2D eigenvalue weighted by atomic mass is 16.5. The average Bonchev–Trinajstić information content (AvgIpc) is 2.15. The van der Waals surface area contributed by atoms with Crippen LogP contribution >= 0.6 is 0 Å². The molecule has 0 aliphatic carbocycles. The first-order valence-corrected chi connectivity index (χ1v) is 5.09. The highest BCUT2D eigenvalue weighted by Gasteiger charge is 2.19. The Morgan fingerprint density at radius 2 is 1.93 bits per heavy atom. The van der Waals surface area contributed by atoms with E-state index in [9.17, 15) is 5.11 Å². The Morgan fingerprint density at radius 3 is 2.33 bits per heavy atom. The second-order valence-corrected chi connectivity index (χ2v) is 4.71. The fourth-order valence-corrected chi connectivity index (χ4v) is 1.35. The van der Waals surface area contributed by atoms with Gasteiger partial charge in [0.25, 0.3) is 0 Å². The van der Waals surface area contributed by atoms with E-state index < -0.39 is 6.10 Å². The molecule has 15 heavy (non-hydrogen) atoms. The third kappa shape index (κ3) is 2.69. The summed E-state index contributed by atoms with van der Waals surface area (Å²) in [6, 6.07) is 3.79. The molecule has 0 radical (unpaired) electrons. The van der Waals surface area contributed by atoms with Crippen molar-refractivity contribution in [2.75, 3.05) is 7.11 Å². The predicted octanol–water partition coefficient (Wildman–Crippen LogP) is 2.44. The Kier molecular flexibility index (Phi) is 3.35. The SMILES string of the molecule is COc1ccc(C(C)(C)C)nc1C(C)O. The van der Waals surface area contributed by atoms with Gasteiger partial charge in [-0.05, 0) is 19.1 Å². The van der Waals surface area contributed by atoms with E-state index in [1.807, 2.05) is 12.1 Å². The van der Waals surface area contributed by atoms with Crippen LogP contribution in [0.3, 0.4) is 0 Å². The second-order valence-electron chi connectivity index (χ2n) is 4.71. The van der Waals surface area contributed by atoms with Crippen molar-refractivity contribution in [1.29, 1.82) is 0 Å². The molecule has 0 aliphatic rings. The van der Waals surface area contributed by atoms with Crippen LogP contribution in [-0.4, -0.2) is 17.2 Å². The molecule has 0 aromatic carbocycles. The molecule has 1 aromatic rings. The van der Waals surface area contributed by atoms with Gasteiger partial charge in [-0.2, -0.15) is 0 Å². The molecule has 0 saturated heterocycles. The van der Waals surface area contributed by atoms with Crippen molar-refractivity contribution in [2.45, 2.75) is 39.2 Å². The summed E-state index contributed by atoms with van der Waals surface area (Å²) in [5, 5.41) is 9.58. The minimum Gasteiger partial charge on any atom is -0.495 e. The van der Waals surface area contributed by atoms with Gasteiger partial charge in [0.2, 0.25) is 0 Å². The van der Waals surface area contributed by atoms with Crippen LogP contribution in [0.15, 0.2) is 12.1 Å². The number of nitrogens with zero attached hydrogens (tertiary/aromatic N) is 1. The van der Waals surface area contributed by atoms with Gasteiger partial charge >= 0.3 is 0 Å². The maximum Gasteiger partial charge on any atom is 0.143 e. The zero-order valence-corrected chi connectivity index (χ0v) is 10.0. The van der Waals surface area contributed by atoms with Crippen LogP contribution in [0, 0.1) is 0 Å². The van der Waals surface area contributed by atoms with E-state index in [1.54, 1.807) is 14.0 Å². The number of hydrogen-bond donors (Lipinski definition) is 1. The van der Waals surface area contributed by atoms with Crippen LogP contribution in [-0.2, 0) is 5.41 Å². The number of aliphatic hydroxyl groups is 1. The van der Waals surface area contributed by atoms with Gasteiger partial charge < -0.3 is 9.84 Å². The van der Waals surface area contributed by atoms with Crippen LogP contribution in [0.1, 0.15) is 45.2 Å². The standard InChI is InChI=1S/C12H19NO2/c1-8(14)11-9(15-5)6-7-10(13-11)12(2,3)4/h6-8,14H,1-5H3. The van der Waals surface area contributed by atoms with Crippen LogP contribution < -0.4 is 4.74 Å². The molecule has 3 heteroatoms. The largest absolute Gasteiger partial charge is 0.495 e. The zero-order valence-electron chi connectivity index (χ0n) is 10.0. The van der Waals surface area contributed by atoms with E-state index in [0.29, 0.717) is 11.4 Å². The van der Waals surface area contributed by atoms with E-state index in [4.69, 9.17) is 4.74 Å². The topological polar surface area (TPSA) is 42.4 Å². The van der Waals surface area contributed by atoms with E-state index in [2.05, 4.69) is 25.8 Å². The minimum absolute atomic E-state index is 0.0179. The molecule has 0 fully saturated rings. The lowest BCUT2D eigenvalue weighted by molar-refractivity contribution is 0.188. The molecule has 3 nitrogen and oxygen atoms in total. The molecular formula is C12H19NO2. The third-order valence-electron chi connectivity index (χ3n) is 2.27. The Balaban J connectivity index is 3.22. The van der Waals surface area contributed by atoms with Gasteiger partial charge in [0.1, 0.15) is 11.4 Å². The lowest BCUT2D eigenvalue weighted by atomic mass is 9.91. The maximum atomic E-state index is 9.58. The van der Waals surface area contributed by atoms with Crippen molar-refractivity contribution in [1.82, 2.24) is 4.98 Å². The highest BCUT2D eigenvalue weighted by Crippen LogP contribution is 2.27. The first-order valence-electron chi connectivity index (χ1n) is 5.09. The number of ether oxygens (including phenoxy) is 1. The van der Waals surface area contributed by atoms with Gasteiger partial charge in [-0.15, -0.1) is 0 Å². The van der Waals surface area contributed by atoms with Gasteiger partial charge in [0, 0.05) is 11.1 Å². The van der Waals surface area contributed by atoms with Crippen LogP contribution in [0.5, 0.6) is 5.75 Å². The van der Waals surface area contributed by atoms with Crippen molar-refractivity contribution < 1.29 is 9.84 Å². The molecule has 1 unspecified atom stereocenters. The summed E-state index contributed by atoms with van der Waals surface area (Å²) < 4.78 is 5.15. The van der Waals surface area contributed by atoms with Crippen molar-refractivity contribution in [3.8, 4) is 5.75 Å². The molecule has 1 aromatic heterocycles. The number of pyridine rings is 1. The number of aromatic nitrogens is 1. The summed E-state index contributed by atoms with van der Waals surface area (Å²) in [5.41, 5.74) is 1.54. The molecule has 0 bridgehead atoms. The summed E-state index contributed by atoms with van der Waals surface area (Å²) in [6.45, 7) is 7.96. The lowest BCUT2D eigenvalue weighted by Gasteiger charge is -2.20. The molecule has 1 heterocycles. The van der Waals surface area contributed by atoms with Crippen molar-refractivity contribution in [3.63, 3.8) is 0 Å². The number of aliphatic hydroxyl groups excluding tert-OH is 1. The first kappa shape index (κ1) is 12.0. The Hall–Kier alpha value is -1.09. The van der Waals surface area contributed by atoms with E-state index in [0.717, 1.165) is 5.69 Å². The van der Waals surface area contributed by atoms with Crippen LogP contribution in [0.25, 0.3) is 0 Å². The molecule has 1 rings (SSSR count). The lowest BCUT2D eigenvalue weighted by Crippen LogP contribution is -2.15. The number of rotatable bonds is 2. The molecule has 0 aliphatic heterocycles. The van der Waals surface area contributed by atoms with Gasteiger partial charge in [-0.25, -0.2) is 0 Å². The first-order chi connectivity index (χ1) is 6.86. The van der Waals surface area contributed by atoms with E-state index in [-0.39, 0.29) is 5.41 Å². The van der Waals surface area contributed by atoms with Crippen LogP contribution in [0.2, 0.25) is 0 Å². The predicted molar refractivity (Wildman–Crippen MR) is 60.1 cm³/mol. The second kappa shape index (κ2) is 4.19. The highest BCUT2D eigenvalue weighted by molar-refractivity contribution is 5.32. The molecule has 0 saturated carbocycles. The Bertz CT molecular complexity index is 340. The third-order valence-corrected chi connectivity index (χ3v) is 2.27. The van der Waals surface area contributed by atoms with E-state index in [1.165, 1.54) is 0 Å². The monoisotopic (exact) mass is 209 g/mol. The van der Waals surface area contributed by atoms with Crippen molar-refractivity contribution in [2.24, 2.45) is 0 Å². The molecule has 1 atom stereocenters. The Labute approximate surface area is 91.1 Å². The van der Waals surface area contributed by atoms with Crippen molar-refractivity contribution in [3.05, 3.63) is 23.5 Å². The molecule has 0 spiro atoms. The average molecular weight is 209 g/mol. The summed E-state index contributed by atoms with van der Waals surface area (Å²) in [6.07, 6.45) is -0.609. The van der Waals surface area contributed by atoms with Gasteiger partial charge in [0.05, 0.1) is 13.2 Å². The smallest absolute Gasteiger partial charge is 0.143 e. The van der Waals surface area contributed by atoms with Gasteiger partial charge in [-0.3, -0.25) is 4.98 Å². The maximum absolute atomic E-state index is 9.58. The van der Waals surface area contributed by atoms with E-state index >= 15 is 0 Å². The zero-order chi connectivity index (χ0) is 11.6. The quantitative estimate of drug-likeness (QED) is 0.813. The molecule has 1 N–H and O–H groups in total. The summed E-state index contributed by atoms with van der Waals surface area (Å²) >= 11 is 0. The summed E-state index contributed by atoms with van der Waals surface area (Å²) in [4.78, 5) is 4.44. The molecule has 84 valence electrons. The minimum atomic E-state index is -0.609. The van der Waals surface area contributed by atoms with Crippen LogP contribution in [0.4, 0.5) is 0 Å². The molecule has 0 amide bonds. The number of hydrogen-bond acceptors (Lipinski definition) is 3. The normalized spacial score (nSPS) is 13.7. The fraction of sp³-hybridized carbons (Fsp3) is 0.583. The molecular weight excluding hydrogens is 190 g/mol. The van der Waals surface area contributed by atoms with Gasteiger partial charge in [0.15, 0.2) is 0 Å².